The van der Waals surface area contributed by atoms with Crippen LogP contribution in [0.5, 0.6) is 0 Å². The summed E-state index contributed by atoms with van der Waals surface area (Å²) >= 11 is 2.01. The van der Waals surface area contributed by atoms with E-state index in [1.165, 1.54) is 24.3 Å². The van der Waals surface area contributed by atoms with E-state index in [1.807, 2.05) is 16.7 Å². The second-order valence-electron chi connectivity index (χ2n) is 4.26. The Morgan fingerprint density at radius 1 is 1.31 bits per heavy atom. The molecule has 2 aliphatic heterocycles. The van der Waals surface area contributed by atoms with E-state index in [1.54, 1.807) is 0 Å². The Hall–Kier alpha value is -0.260. The quantitative estimate of drug-likeness (QED) is 0.777. The van der Waals surface area contributed by atoms with Crippen LogP contribution in [0.4, 0.5) is 0 Å². The van der Waals surface area contributed by atoms with Gasteiger partial charge >= 0.3 is 0 Å². The van der Waals surface area contributed by atoms with Crippen molar-refractivity contribution in [2.75, 3.05) is 44.4 Å². The molecule has 0 aromatic carbocycles. The van der Waals surface area contributed by atoms with E-state index in [-0.39, 0.29) is 5.91 Å². The topological polar surface area (TPSA) is 41.6 Å². The van der Waals surface area contributed by atoms with Crippen molar-refractivity contribution >= 4 is 17.7 Å². The number of nitrogens with zero attached hydrogens (tertiary/aromatic N) is 1. The van der Waals surface area contributed by atoms with E-state index in [4.69, 9.17) is 4.74 Å². The van der Waals surface area contributed by atoms with Gasteiger partial charge in [0.1, 0.15) is 0 Å². The first-order chi connectivity index (χ1) is 7.86. The molecular formula is C11H20N2O2S. The van der Waals surface area contributed by atoms with Gasteiger partial charge in [-0.1, -0.05) is 0 Å². The number of carbonyl (C=O) groups is 1. The predicted octanol–water partition coefficient (Wildman–Crippen LogP) is 0.330. The molecule has 0 aliphatic carbocycles. The molecule has 2 saturated heterocycles. The highest BCUT2D eigenvalue weighted by molar-refractivity contribution is 7.99. The zero-order valence-electron chi connectivity index (χ0n) is 9.61. The Morgan fingerprint density at radius 3 is 2.69 bits per heavy atom. The Labute approximate surface area is 101 Å². The molecule has 2 rings (SSSR count). The maximum Gasteiger partial charge on any atom is 0.236 e. The molecule has 0 aromatic rings. The van der Waals surface area contributed by atoms with E-state index < -0.39 is 0 Å². The fraction of sp³-hybridized carbons (Fsp3) is 0.909. The predicted molar refractivity (Wildman–Crippen MR) is 65.7 cm³/mol. The minimum atomic E-state index is 0.224. The zero-order valence-corrected chi connectivity index (χ0v) is 10.4. The van der Waals surface area contributed by atoms with Crippen LogP contribution in [-0.4, -0.2) is 61.2 Å². The van der Waals surface area contributed by atoms with Gasteiger partial charge in [-0.05, 0) is 24.3 Å². The number of thioether (sulfide) groups is 1. The largest absolute Gasteiger partial charge is 0.378 e. The SMILES string of the molecule is O=C(CNC1CCSCC1)N1CCOCC1. The first kappa shape index (κ1) is 12.2. The van der Waals surface area contributed by atoms with E-state index >= 15 is 0 Å². The van der Waals surface area contributed by atoms with Crippen LogP contribution in [0, 0.1) is 0 Å². The summed E-state index contributed by atoms with van der Waals surface area (Å²) in [6, 6.07) is 0.547. The van der Waals surface area contributed by atoms with Crippen LogP contribution in [0.1, 0.15) is 12.8 Å². The van der Waals surface area contributed by atoms with Crippen molar-refractivity contribution in [3.63, 3.8) is 0 Å². The van der Waals surface area contributed by atoms with Crippen LogP contribution in [0.3, 0.4) is 0 Å². The molecule has 4 nitrogen and oxygen atoms in total. The highest BCUT2D eigenvalue weighted by Crippen LogP contribution is 2.16. The minimum absolute atomic E-state index is 0.224. The van der Waals surface area contributed by atoms with Gasteiger partial charge in [-0.3, -0.25) is 4.79 Å². The summed E-state index contributed by atoms with van der Waals surface area (Å²) < 4.78 is 5.23. The zero-order chi connectivity index (χ0) is 11.2. The van der Waals surface area contributed by atoms with Crippen molar-refractivity contribution in [2.24, 2.45) is 0 Å². The lowest BCUT2D eigenvalue weighted by molar-refractivity contribution is -0.134. The van der Waals surface area contributed by atoms with Crippen molar-refractivity contribution in [2.45, 2.75) is 18.9 Å². The average molecular weight is 244 g/mol. The van der Waals surface area contributed by atoms with Crippen LogP contribution in [0.2, 0.25) is 0 Å². The van der Waals surface area contributed by atoms with Gasteiger partial charge in [0.05, 0.1) is 19.8 Å². The normalized spacial score (nSPS) is 23.4. The summed E-state index contributed by atoms with van der Waals surface area (Å²) in [4.78, 5) is 13.7. The average Bonchev–Trinajstić information content (AvgIpc) is 2.38. The first-order valence-corrected chi connectivity index (χ1v) is 7.18. The minimum Gasteiger partial charge on any atom is -0.378 e. The summed E-state index contributed by atoms with van der Waals surface area (Å²) in [6.45, 7) is 3.37. The van der Waals surface area contributed by atoms with Crippen molar-refractivity contribution in [1.29, 1.82) is 0 Å². The van der Waals surface area contributed by atoms with Crippen molar-refractivity contribution < 1.29 is 9.53 Å². The van der Waals surface area contributed by atoms with Crippen molar-refractivity contribution in [3.05, 3.63) is 0 Å². The van der Waals surface area contributed by atoms with E-state index in [9.17, 15) is 4.79 Å². The monoisotopic (exact) mass is 244 g/mol. The number of nitrogens with one attached hydrogen (secondary N) is 1. The molecule has 2 aliphatic rings. The van der Waals surface area contributed by atoms with Gasteiger partial charge in [0.2, 0.25) is 5.91 Å². The number of morpholine rings is 1. The van der Waals surface area contributed by atoms with Gasteiger partial charge in [0, 0.05) is 19.1 Å². The number of hydrogen-bond donors (Lipinski definition) is 1. The Morgan fingerprint density at radius 2 is 2.00 bits per heavy atom. The van der Waals surface area contributed by atoms with E-state index in [2.05, 4.69) is 5.32 Å². The van der Waals surface area contributed by atoms with Crippen LogP contribution in [0.25, 0.3) is 0 Å². The fourth-order valence-corrected chi connectivity index (χ4v) is 3.16. The summed E-state index contributed by atoms with van der Waals surface area (Å²) in [7, 11) is 0. The third kappa shape index (κ3) is 3.64. The maximum atomic E-state index is 11.8. The molecule has 0 bridgehead atoms. The molecule has 92 valence electrons. The molecule has 0 unspecified atom stereocenters. The third-order valence-electron chi connectivity index (χ3n) is 3.13. The molecule has 0 saturated carbocycles. The smallest absolute Gasteiger partial charge is 0.236 e. The Kier molecular flexibility index (Phi) is 4.93. The Bertz CT molecular complexity index is 226. The first-order valence-electron chi connectivity index (χ1n) is 6.03. The number of rotatable bonds is 3. The molecule has 0 aromatic heterocycles. The summed E-state index contributed by atoms with van der Waals surface area (Å²) in [6.07, 6.45) is 2.39. The molecule has 1 N–H and O–H groups in total. The van der Waals surface area contributed by atoms with Crippen LogP contribution >= 0.6 is 11.8 Å². The van der Waals surface area contributed by atoms with Crippen molar-refractivity contribution in [3.8, 4) is 0 Å². The van der Waals surface area contributed by atoms with Crippen molar-refractivity contribution in [1.82, 2.24) is 10.2 Å². The number of amides is 1. The summed E-state index contributed by atoms with van der Waals surface area (Å²) in [5.41, 5.74) is 0. The second kappa shape index (κ2) is 6.47. The van der Waals surface area contributed by atoms with Gasteiger partial charge in [-0.2, -0.15) is 11.8 Å². The molecule has 2 heterocycles. The van der Waals surface area contributed by atoms with E-state index in [0.29, 0.717) is 25.8 Å². The second-order valence-corrected chi connectivity index (χ2v) is 5.49. The molecule has 0 spiro atoms. The van der Waals surface area contributed by atoms with Crippen LogP contribution < -0.4 is 5.32 Å². The third-order valence-corrected chi connectivity index (χ3v) is 4.18. The van der Waals surface area contributed by atoms with E-state index in [0.717, 1.165) is 13.1 Å². The lowest BCUT2D eigenvalue weighted by Gasteiger charge is -2.28. The van der Waals surface area contributed by atoms with Gasteiger partial charge in [0.25, 0.3) is 0 Å². The molecule has 2 fully saturated rings. The highest BCUT2D eigenvalue weighted by Gasteiger charge is 2.19. The summed E-state index contributed by atoms with van der Waals surface area (Å²) in [5.74, 6) is 2.67. The van der Waals surface area contributed by atoms with Gasteiger partial charge in [-0.15, -0.1) is 0 Å². The molecular weight excluding hydrogens is 224 g/mol. The number of carbonyl (C=O) groups excluding carboxylic acids is 1. The number of hydrogen-bond acceptors (Lipinski definition) is 4. The Balaban J connectivity index is 1.65. The van der Waals surface area contributed by atoms with Gasteiger partial charge in [-0.25, -0.2) is 0 Å². The number of ether oxygens (including phenoxy) is 1. The maximum absolute atomic E-state index is 11.8. The molecule has 5 heteroatoms. The van der Waals surface area contributed by atoms with Crippen LogP contribution in [-0.2, 0) is 9.53 Å². The molecule has 0 atom stereocenters. The molecule has 1 amide bonds. The summed E-state index contributed by atoms with van der Waals surface area (Å²) in [5, 5.41) is 3.37. The highest BCUT2D eigenvalue weighted by atomic mass is 32.2. The lowest BCUT2D eigenvalue weighted by Crippen LogP contribution is -2.46. The molecule has 16 heavy (non-hydrogen) atoms. The standard InChI is InChI=1S/C11H20N2O2S/c14-11(13-3-5-15-6-4-13)9-12-10-1-7-16-8-2-10/h10,12H,1-9H2. The van der Waals surface area contributed by atoms with Gasteiger partial charge < -0.3 is 15.0 Å². The van der Waals surface area contributed by atoms with Crippen LogP contribution in [0.15, 0.2) is 0 Å². The fourth-order valence-electron chi connectivity index (χ4n) is 2.06. The lowest BCUT2D eigenvalue weighted by atomic mass is 10.1. The molecule has 0 radical (unpaired) electrons. The van der Waals surface area contributed by atoms with Gasteiger partial charge in [0.15, 0.2) is 0 Å².